The highest BCUT2D eigenvalue weighted by atomic mass is 35.5. The Bertz CT molecular complexity index is 824. The van der Waals surface area contributed by atoms with Gasteiger partial charge in [0.2, 0.25) is 0 Å². The van der Waals surface area contributed by atoms with E-state index in [1.807, 2.05) is 0 Å². The van der Waals surface area contributed by atoms with Gasteiger partial charge in [-0.05, 0) is 30.3 Å². The highest BCUT2D eigenvalue weighted by molar-refractivity contribution is 7.93. The SMILES string of the molecule is COc1ccc(N(C)S(=O)(=O)c2cc(Cl)ccc2Cl)c(OC)c1. The molecule has 0 amide bonds. The number of hydrogen-bond acceptors (Lipinski definition) is 4. The lowest BCUT2D eigenvalue weighted by Crippen LogP contribution is -2.27. The van der Waals surface area contributed by atoms with Gasteiger partial charge >= 0.3 is 0 Å². The van der Waals surface area contributed by atoms with Gasteiger partial charge in [-0.3, -0.25) is 4.31 Å². The van der Waals surface area contributed by atoms with E-state index < -0.39 is 10.0 Å². The van der Waals surface area contributed by atoms with Gasteiger partial charge < -0.3 is 9.47 Å². The molecule has 0 aliphatic carbocycles. The van der Waals surface area contributed by atoms with Gasteiger partial charge in [0, 0.05) is 18.1 Å². The molecule has 2 aromatic carbocycles. The summed E-state index contributed by atoms with van der Waals surface area (Å²) in [6.45, 7) is 0. The van der Waals surface area contributed by atoms with E-state index in [2.05, 4.69) is 0 Å². The number of rotatable bonds is 5. The molecule has 2 rings (SSSR count). The summed E-state index contributed by atoms with van der Waals surface area (Å²) in [5.74, 6) is 0.908. The summed E-state index contributed by atoms with van der Waals surface area (Å²) in [6.07, 6.45) is 0. The van der Waals surface area contributed by atoms with Crippen LogP contribution in [0.3, 0.4) is 0 Å². The Kier molecular flexibility index (Phi) is 5.29. The summed E-state index contributed by atoms with van der Waals surface area (Å²) in [5.41, 5.74) is 0.351. The van der Waals surface area contributed by atoms with Gasteiger partial charge in [-0.1, -0.05) is 23.2 Å². The second-order valence-corrected chi connectivity index (χ2v) is 7.37. The summed E-state index contributed by atoms with van der Waals surface area (Å²) >= 11 is 11.9. The van der Waals surface area contributed by atoms with E-state index in [9.17, 15) is 8.42 Å². The minimum Gasteiger partial charge on any atom is -0.497 e. The first kappa shape index (κ1) is 17.7. The first-order valence-electron chi connectivity index (χ1n) is 6.47. The van der Waals surface area contributed by atoms with Gasteiger partial charge in [0.1, 0.15) is 16.4 Å². The lowest BCUT2D eigenvalue weighted by molar-refractivity contribution is 0.395. The van der Waals surface area contributed by atoms with Crippen LogP contribution in [0, 0.1) is 0 Å². The van der Waals surface area contributed by atoms with Crippen LogP contribution in [0.5, 0.6) is 11.5 Å². The van der Waals surface area contributed by atoms with E-state index in [4.69, 9.17) is 32.7 Å². The van der Waals surface area contributed by atoms with Crippen LogP contribution >= 0.6 is 23.2 Å². The van der Waals surface area contributed by atoms with Crippen LogP contribution in [-0.2, 0) is 10.0 Å². The quantitative estimate of drug-likeness (QED) is 0.796. The number of methoxy groups -OCH3 is 2. The minimum absolute atomic E-state index is 0.0768. The molecule has 0 aliphatic rings. The summed E-state index contributed by atoms with van der Waals surface area (Å²) in [4.78, 5) is -0.0768. The van der Waals surface area contributed by atoms with Crippen molar-refractivity contribution in [2.45, 2.75) is 4.90 Å². The van der Waals surface area contributed by atoms with E-state index in [0.717, 1.165) is 4.31 Å². The highest BCUT2D eigenvalue weighted by Crippen LogP contribution is 2.36. The topological polar surface area (TPSA) is 55.8 Å². The molecule has 124 valence electrons. The van der Waals surface area contributed by atoms with Crippen LogP contribution in [-0.4, -0.2) is 29.7 Å². The number of ether oxygens (including phenoxy) is 2. The fraction of sp³-hybridized carbons (Fsp3) is 0.200. The third-order valence-corrected chi connectivity index (χ3v) is 5.75. The van der Waals surface area contributed by atoms with Crippen LogP contribution in [0.4, 0.5) is 5.69 Å². The normalized spacial score (nSPS) is 11.2. The molecule has 0 radical (unpaired) electrons. The van der Waals surface area contributed by atoms with Gasteiger partial charge in [0.25, 0.3) is 10.0 Å². The average Bonchev–Trinajstić information content (AvgIpc) is 2.55. The molecule has 0 aliphatic heterocycles. The van der Waals surface area contributed by atoms with Gasteiger partial charge in [-0.2, -0.15) is 0 Å². The molecule has 0 spiro atoms. The molecule has 0 atom stereocenters. The maximum absolute atomic E-state index is 12.8. The van der Waals surface area contributed by atoms with Gasteiger partial charge in [-0.25, -0.2) is 8.42 Å². The van der Waals surface area contributed by atoms with Crippen molar-refractivity contribution in [2.24, 2.45) is 0 Å². The van der Waals surface area contributed by atoms with E-state index in [-0.39, 0.29) is 14.9 Å². The van der Waals surface area contributed by atoms with Crippen LogP contribution in [0.1, 0.15) is 0 Å². The van der Waals surface area contributed by atoms with Gasteiger partial charge in [-0.15, -0.1) is 0 Å². The number of sulfonamides is 1. The summed E-state index contributed by atoms with van der Waals surface area (Å²) < 4.78 is 37.1. The molecular formula is C15H15Cl2NO4S. The third kappa shape index (κ3) is 3.49. The maximum atomic E-state index is 12.8. The molecule has 0 heterocycles. The minimum atomic E-state index is -3.90. The molecule has 5 nitrogen and oxygen atoms in total. The number of hydrogen-bond donors (Lipinski definition) is 0. The van der Waals surface area contributed by atoms with E-state index >= 15 is 0 Å². The zero-order valence-electron chi connectivity index (χ0n) is 12.7. The van der Waals surface area contributed by atoms with Crippen molar-refractivity contribution in [1.29, 1.82) is 0 Å². The van der Waals surface area contributed by atoms with Crippen LogP contribution < -0.4 is 13.8 Å². The van der Waals surface area contributed by atoms with Crippen LogP contribution in [0.25, 0.3) is 0 Å². The predicted molar refractivity (Wildman–Crippen MR) is 91.6 cm³/mol. The van der Waals surface area contributed by atoms with Crippen LogP contribution in [0.15, 0.2) is 41.3 Å². The second kappa shape index (κ2) is 6.86. The Morgan fingerprint density at radius 3 is 2.30 bits per heavy atom. The van der Waals surface area contributed by atoms with Crippen molar-refractivity contribution in [3.8, 4) is 11.5 Å². The van der Waals surface area contributed by atoms with Crippen molar-refractivity contribution < 1.29 is 17.9 Å². The molecule has 0 saturated carbocycles. The van der Waals surface area contributed by atoms with Gasteiger partial charge in [0.15, 0.2) is 0 Å². The van der Waals surface area contributed by atoms with E-state index in [0.29, 0.717) is 17.2 Å². The molecule has 0 bridgehead atoms. The molecular weight excluding hydrogens is 361 g/mol. The highest BCUT2D eigenvalue weighted by Gasteiger charge is 2.26. The summed E-state index contributed by atoms with van der Waals surface area (Å²) in [6, 6.07) is 9.11. The Balaban J connectivity index is 2.54. The predicted octanol–water partition coefficient (Wildman–Crippen LogP) is 3.84. The summed E-state index contributed by atoms with van der Waals surface area (Å²) in [7, 11) is 0.476. The number of benzene rings is 2. The maximum Gasteiger partial charge on any atom is 0.265 e. The third-order valence-electron chi connectivity index (χ3n) is 3.26. The Hall–Kier alpha value is -1.63. The Morgan fingerprint density at radius 1 is 1.00 bits per heavy atom. The summed E-state index contributed by atoms with van der Waals surface area (Å²) in [5, 5.41) is 0.372. The lowest BCUT2D eigenvalue weighted by Gasteiger charge is -2.22. The largest absolute Gasteiger partial charge is 0.497 e. The molecule has 2 aromatic rings. The molecule has 23 heavy (non-hydrogen) atoms. The van der Waals surface area contributed by atoms with Crippen molar-refractivity contribution in [1.82, 2.24) is 0 Å². The monoisotopic (exact) mass is 375 g/mol. The molecule has 0 fully saturated rings. The number of nitrogens with zero attached hydrogens (tertiary/aromatic N) is 1. The zero-order chi connectivity index (χ0) is 17.2. The van der Waals surface area contributed by atoms with Crippen molar-refractivity contribution in [2.75, 3.05) is 25.6 Å². The number of halogens is 2. The Labute approximate surface area is 145 Å². The van der Waals surface area contributed by atoms with E-state index in [1.54, 1.807) is 18.2 Å². The van der Waals surface area contributed by atoms with Gasteiger partial charge in [0.05, 0.1) is 24.9 Å². The fourth-order valence-corrected chi connectivity index (χ4v) is 3.94. The average molecular weight is 376 g/mol. The first-order valence-corrected chi connectivity index (χ1v) is 8.67. The lowest BCUT2D eigenvalue weighted by atomic mass is 10.3. The van der Waals surface area contributed by atoms with Crippen molar-refractivity contribution in [3.05, 3.63) is 46.4 Å². The van der Waals surface area contributed by atoms with E-state index in [1.165, 1.54) is 39.5 Å². The van der Waals surface area contributed by atoms with Crippen molar-refractivity contribution in [3.63, 3.8) is 0 Å². The second-order valence-electron chi connectivity index (χ2n) is 4.59. The molecule has 0 aromatic heterocycles. The molecule has 8 heteroatoms. The smallest absolute Gasteiger partial charge is 0.265 e. The zero-order valence-corrected chi connectivity index (χ0v) is 15.0. The standard InChI is InChI=1S/C15H15Cl2NO4S/c1-18(13-7-5-11(21-2)9-14(13)22-3)23(19,20)15-8-10(16)4-6-12(15)17/h4-9H,1-3H3. The molecule has 0 unspecified atom stereocenters. The fourth-order valence-electron chi connectivity index (χ4n) is 2.00. The first-order chi connectivity index (χ1) is 10.8. The number of anilines is 1. The Morgan fingerprint density at radius 2 is 1.70 bits per heavy atom. The molecule has 0 saturated heterocycles. The van der Waals surface area contributed by atoms with Crippen LogP contribution in [0.2, 0.25) is 10.0 Å². The van der Waals surface area contributed by atoms with Crippen molar-refractivity contribution >= 4 is 38.9 Å². The molecule has 0 N–H and O–H groups in total.